The second kappa shape index (κ2) is 6.81. The molecule has 3 heterocycles. The van der Waals surface area contributed by atoms with Gasteiger partial charge in [0.25, 0.3) is 0 Å². The maximum absolute atomic E-state index is 11.3. The molecule has 1 atom stereocenters. The number of aromatic carboxylic acids is 1. The van der Waals surface area contributed by atoms with Crippen molar-refractivity contribution in [2.24, 2.45) is 5.18 Å². The minimum atomic E-state index is -1.05. The molecule has 0 aliphatic rings. The van der Waals surface area contributed by atoms with E-state index in [9.17, 15) is 14.8 Å². The Hall–Kier alpha value is -3.07. The normalized spacial score (nSPS) is 12.4. The third-order valence-corrected chi connectivity index (χ3v) is 3.87. The first-order valence-corrected chi connectivity index (χ1v) is 7.74. The first kappa shape index (κ1) is 16.8. The van der Waals surface area contributed by atoms with Gasteiger partial charge in [0.15, 0.2) is 0 Å². The van der Waals surface area contributed by atoms with Crippen molar-refractivity contribution in [3.8, 4) is 11.1 Å². The summed E-state index contributed by atoms with van der Waals surface area (Å²) in [5.41, 5.74) is 2.69. The van der Waals surface area contributed by atoms with Crippen LogP contribution >= 0.6 is 0 Å². The van der Waals surface area contributed by atoms with Gasteiger partial charge in [-0.15, -0.1) is 0 Å². The fourth-order valence-electron chi connectivity index (χ4n) is 2.72. The van der Waals surface area contributed by atoms with Crippen molar-refractivity contribution in [1.29, 1.82) is 0 Å². The number of nitrogens with zero attached hydrogens (tertiary/aromatic N) is 5. The molecule has 1 unspecified atom stereocenters. The van der Waals surface area contributed by atoms with Gasteiger partial charge in [0.2, 0.25) is 0 Å². The predicted molar refractivity (Wildman–Crippen MR) is 89.2 cm³/mol. The van der Waals surface area contributed by atoms with E-state index in [2.05, 4.69) is 15.4 Å². The van der Waals surface area contributed by atoms with Gasteiger partial charge in [0.1, 0.15) is 12.8 Å². The Morgan fingerprint density at radius 1 is 1.36 bits per heavy atom. The number of nitroso groups, excluding NO2 is 1. The van der Waals surface area contributed by atoms with Gasteiger partial charge in [-0.2, -0.15) is 15.1 Å². The molecule has 0 radical (unpaired) electrons. The van der Waals surface area contributed by atoms with E-state index >= 15 is 0 Å². The van der Waals surface area contributed by atoms with Crippen LogP contribution in [0.4, 0.5) is 0 Å². The smallest absolute Gasteiger partial charge is 0.337 e. The lowest BCUT2D eigenvalue weighted by Crippen LogP contribution is -2.09. The highest BCUT2D eigenvalue weighted by Crippen LogP contribution is 2.30. The number of ether oxygens (including phenoxy) is 1. The largest absolute Gasteiger partial charge is 0.478 e. The molecule has 3 rings (SSSR count). The van der Waals surface area contributed by atoms with E-state index < -0.39 is 5.97 Å². The molecule has 130 valence electrons. The molecule has 0 saturated heterocycles. The fourth-order valence-corrected chi connectivity index (χ4v) is 2.72. The average Bonchev–Trinajstić information content (AvgIpc) is 3.22. The van der Waals surface area contributed by atoms with E-state index in [1.54, 1.807) is 17.1 Å². The zero-order chi connectivity index (χ0) is 18.0. The van der Waals surface area contributed by atoms with Crippen LogP contribution in [0.1, 0.15) is 36.0 Å². The molecule has 0 bridgehead atoms. The molecule has 1 N–H and O–H groups in total. The van der Waals surface area contributed by atoms with Crippen LogP contribution in [0.25, 0.3) is 16.6 Å². The summed E-state index contributed by atoms with van der Waals surface area (Å²) in [4.78, 5) is 22.0. The highest BCUT2D eigenvalue weighted by Gasteiger charge is 2.18. The average molecular weight is 343 g/mol. The van der Waals surface area contributed by atoms with Crippen molar-refractivity contribution in [3.63, 3.8) is 0 Å². The lowest BCUT2D eigenvalue weighted by Gasteiger charge is -2.11. The molecule has 0 saturated carbocycles. The van der Waals surface area contributed by atoms with Gasteiger partial charge < -0.3 is 9.84 Å². The molecule has 9 heteroatoms. The van der Waals surface area contributed by atoms with Crippen LogP contribution in [0.15, 0.2) is 36.0 Å². The summed E-state index contributed by atoms with van der Waals surface area (Å²) in [5, 5.41) is 20.6. The van der Waals surface area contributed by atoms with Gasteiger partial charge in [-0.3, -0.25) is 0 Å². The summed E-state index contributed by atoms with van der Waals surface area (Å²) in [6, 6.07) is 1.52. The Labute approximate surface area is 142 Å². The van der Waals surface area contributed by atoms with Crippen molar-refractivity contribution in [3.05, 3.63) is 46.9 Å². The van der Waals surface area contributed by atoms with Crippen molar-refractivity contribution >= 4 is 11.5 Å². The number of hydrogen-bond donors (Lipinski definition) is 1. The molecule has 0 amide bonds. The highest BCUT2D eigenvalue weighted by atomic mass is 16.5. The summed E-state index contributed by atoms with van der Waals surface area (Å²) in [6.07, 6.45) is 6.13. The molecule has 0 aliphatic heterocycles. The minimum Gasteiger partial charge on any atom is -0.478 e. The third kappa shape index (κ3) is 3.13. The predicted octanol–water partition coefficient (Wildman–Crippen LogP) is 2.72. The second-order valence-corrected chi connectivity index (χ2v) is 5.46. The molecule has 0 fully saturated rings. The van der Waals surface area contributed by atoms with Crippen LogP contribution in [0.3, 0.4) is 0 Å². The lowest BCUT2D eigenvalue weighted by molar-refractivity contribution is 0.0160. The maximum Gasteiger partial charge on any atom is 0.337 e. The molecule has 0 spiro atoms. The van der Waals surface area contributed by atoms with Crippen LogP contribution < -0.4 is 0 Å². The van der Waals surface area contributed by atoms with Crippen LogP contribution in [0.2, 0.25) is 0 Å². The summed E-state index contributed by atoms with van der Waals surface area (Å²) < 4.78 is 8.64. The summed E-state index contributed by atoms with van der Waals surface area (Å²) in [5.74, 6) is -1.05. The van der Waals surface area contributed by atoms with Crippen molar-refractivity contribution in [2.45, 2.75) is 26.6 Å². The van der Waals surface area contributed by atoms with Gasteiger partial charge >= 0.3 is 5.97 Å². The Kier molecular flexibility index (Phi) is 4.57. The Bertz CT molecular complexity index is 930. The van der Waals surface area contributed by atoms with Crippen LogP contribution in [0.5, 0.6) is 0 Å². The highest BCUT2D eigenvalue weighted by molar-refractivity contribution is 5.92. The SMILES string of the molecule is CCOC(C)n1cc(-c2c(CN=O)cnn3cc(C(=O)O)cc23)cn1. The molecule has 3 aromatic heterocycles. The minimum absolute atomic E-state index is 0.0708. The summed E-state index contributed by atoms with van der Waals surface area (Å²) in [6.45, 7) is 4.25. The number of hydrogen-bond acceptors (Lipinski definition) is 6. The van der Waals surface area contributed by atoms with E-state index in [1.807, 2.05) is 13.8 Å². The van der Waals surface area contributed by atoms with Gasteiger partial charge in [-0.05, 0) is 19.9 Å². The Morgan fingerprint density at radius 3 is 2.84 bits per heavy atom. The Morgan fingerprint density at radius 2 is 2.16 bits per heavy atom. The topological polar surface area (TPSA) is 111 Å². The fraction of sp³-hybridized carbons (Fsp3) is 0.312. The van der Waals surface area contributed by atoms with Gasteiger partial charge in [0.05, 0.1) is 23.5 Å². The van der Waals surface area contributed by atoms with Crippen molar-refractivity contribution in [1.82, 2.24) is 19.4 Å². The third-order valence-electron chi connectivity index (χ3n) is 3.87. The standard InChI is InChI=1S/C16H17N5O4/c1-3-25-10(2)20-9-13(6-17-20)15-12(7-19-24)5-18-21-8-11(16(22)23)4-14(15)21/h4-6,8-10H,3,7H2,1-2H3,(H,22,23). The maximum atomic E-state index is 11.3. The first-order valence-electron chi connectivity index (χ1n) is 7.74. The van der Waals surface area contributed by atoms with Gasteiger partial charge in [0, 0.05) is 35.7 Å². The quantitative estimate of drug-likeness (QED) is 0.660. The monoisotopic (exact) mass is 343 g/mol. The molecule has 25 heavy (non-hydrogen) atoms. The molecular formula is C16H17N5O4. The number of carbonyl (C=O) groups is 1. The lowest BCUT2D eigenvalue weighted by atomic mass is 10.0. The van der Waals surface area contributed by atoms with Crippen LogP contribution in [0, 0.1) is 4.91 Å². The summed E-state index contributed by atoms with van der Waals surface area (Å²) >= 11 is 0. The second-order valence-electron chi connectivity index (χ2n) is 5.46. The first-order chi connectivity index (χ1) is 12.0. The van der Waals surface area contributed by atoms with E-state index in [0.717, 1.165) is 5.56 Å². The number of rotatable bonds is 7. The van der Waals surface area contributed by atoms with Crippen molar-refractivity contribution in [2.75, 3.05) is 6.61 Å². The van der Waals surface area contributed by atoms with E-state index in [4.69, 9.17) is 4.74 Å². The van der Waals surface area contributed by atoms with Crippen molar-refractivity contribution < 1.29 is 14.6 Å². The Balaban J connectivity index is 2.16. The van der Waals surface area contributed by atoms with Gasteiger partial charge in [-0.25, -0.2) is 14.0 Å². The summed E-state index contributed by atoms with van der Waals surface area (Å²) in [7, 11) is 0. The van der Waals surface area contributed by atoms with Crippen LogP contribution in [-0.4, -0.2) is 37.1 Å². The molecule has 9 nitrogen and oxygen atoms in total. The van der Waals surface area contributed by atoms with Gasteiger partial charge in [-0.1, -0.05) is 5.18 Å². The molecule has 0 aliphatic carbocycles. The number of carboxylic acid groups (broad SMARTS) is 1. The molecule has 3 aromatic rings. The molecule has 0 aromatic carbocycles. The van der Waals surface area contributed by atoms with Crippen LogP contribution in [-0.2, 0) is 11.3 Å². The van der Waals surface area contributed by atoms with E-state index in [0.29, 0.717) is 23.3 Å². The number of aromatic nitrogens is 4. The van der Waals surface area contributed by atoms with E-state index in [-0.39, 0.29) is 18.3 Å². The zero-order valence-corrected chi connectivity index (χ0v) is 13.8. The zero-order valence-electron chi connectivity index (χ0n) is 13.8. The van der Waals surface area contributed by atoms with E-state index in [1.165, 1.54) is 23.0 Å². The number of carboxylic acids is 1. The number of fused-ring (bicyclic) bond motifs is 1. The molecular weight excluding hydrogens is 326 g/mol.